The van der Waals surface area contributed by atoms with E-state index in [1.54, 1.807) is 11.2 Å². The number of hydrogen-bond acceptors (Lipinski definition) is 3. The van der Waals surface area contributed by atoms with E-state index in [-0.39, 0.29) is 5.91 Å². The zero-order valence-electron chi connectivity index (χ0n) is 14.9. The minimum absolute atomic E-state index is 0.0349. The third kappa shape index (κ3) is 4.76. The lowest BCUT2D eigenvalue weighted by atomic mass is 10.1. The van der Waals surface area contributed by atoms with E-state index >= 15 is 0 Å². The molecule has 4 nitrogen and oxygen atoms in total. The van der Waals surface area contributed by atoms with Crippen molar-refractivity contribution in [3.8, 4) is 5.75 Å². The second kappa shape index (κ2) is 8.90. The maximum atomic E-state index is 13.0. The van der Waals surface area contributed by atoms with Crippen LogP contribution in [0.5, 0.6) is 5.75 Å². The zero-order chi connectivity index (χ0) is 18.2. The number of amides is 1. The van der Waals surface area contributed by atoms with Crippen LogP contribution in [-0.4, -0.2) is 17.4 Å². The van der Waals surface area contributed by atoms with Gasteiger partial charge in [0.25, 0.3) is 5.91 Å². The molecule has 0 saturated carbocycles. The molecule has 0 aliphatic rings. The summed E-state index contributed by atoms with van der Waals surface area (Å²) in [5.41, 5.74) is 1.71. The molecule has 1 heterocycles. The summed E-state index contributed by atoms with van der Waals surface area (Å²) in [6.45, 7) is 3.68. The number of ether oxygens (including phenoxy) is 1. The molecule has 0 aliphatic carbocycles. The van der Waals surface area contributed by atoms with E-state index in [1.807, 2.05) is 66.7 Å². The Morgan fingerprint density at radius 2 is 1.73 bits per heavy atom. The van der Waals surface area contributed by atoms with Gasteiger partial charge in [0.15, 0.2) is 0 Å². The highest BCUT2D eigenvalue weighted by Crippen LogP contribution is 2.17. The molecule has 0 bridgehead atoms. The topological polar surface area (TPSA) is 42.7 Å². The highest BCUT2D eigenvalue weighted by molar-refractivity contribution is 5.94. The van der Waals surface area contributed by atoms with Gasteiger partial charge >= 0.3 is 0 Å². The Bertz CT molecular complexity index is 795. The number of rotatable bonds is 8. The molecule has 0 saturated heterocycles. The normalized spacial score (nSPS) is 10.5. The maximum Gasteiger partial charge on any atom is 0.254 e. The maximum absolute atomic E-state index is 13.0. The first-order chi connectivity index (χ1) is 12.8. The van der Waals surface area contributed by atoms with Crippen molar-refractivity contribution < 1.29 is 13.9 Å². The summed E-state index contributed by atoms with van der Waals surface area (Å²) >= 11 is 0. The van der Waals surface area contributed by atoms with Crippen LogP contribution in [0.15, 0.2) is 77.4 Å². The van der Waals surface area contributed by atoms with Gasteiger partial charge in [-0.25, -0.2) is 0 Å². The summed E-state index contributed by atoms with van der Waals surface area (Å²) in [6, 6.07) is 21.0. The van der Waals surface area contributed by atoms with E-state index in [9.17, 15) is 4.79 Å². The lowest BCUT2D eigenvalue weighted by Crippen LogP contribution is -2.30. The summed E-state index contributed by atoms with van der Waals surface area (Å²) in [7, 11) is 0. The molecule has 0 unspecified atom stereocenters. The van der Waals surface area contributed by atoms with E-state index in [2.05, 4.69) is 6.92 Å². The predicted molar refractivity (Wildman–Crippen MR) is 101 cm³/mol. The summed E-state index contributed by atoms with van der Waals surface area (Å²) in [6.07, 6.45) is 2.58. The lowest BCUT2D eigenvalue weighted by Gasteiger charge is -2.22. The summed E-state index contributed by atoms with van der Waals surface area (Å²) in [5, 5.41) is 0. The number of hydrogen-bond donors (Lipinski definition) is 0. The standard InChI is InChI=1S/C22H23NO3/c1-2-14-25-20-12-10-19(11-13-20)22(24)23(17-21-9-6-15-26-21)16-18-7-4-3-5-8-18/h3-13,15H,2,14,16-17H2,1H3. The Morgan fingerprint density at radius 1 is 0.962 bits per heavy atom. The Morgan fingerprint density at radius 3 is 2.38 bits per heavy atom. The molecule has 0 spiro atoms. The van der Waals surface area contributed by atoms with Gasteiger partial charge < -0.3 is 14.1 Å². The number of benzene rings is 2. The molecule has 0 atom stereocenters. The van der Waals surface area contributed by atoms with Crippen molar-refractivity contribution >= 4 is 5.91 Å². The van der Waals surface area contributed by atoms with Gasteiger partial charge in [0.2, 0.25) is 0 Å². The molecule has 1 aromatic heterocycles. The van der Waals surface area contributed by atoms with E-state index in [1.165, 1.54) is 0 Å². The molecule has 0 N–H and O–H groups in total. The molecular weight excluding hydrogens is 326 g/mol. The van der Waals surface area contributed by atoms with Gasteiger partial charge in [0.05, 0.1) is 19.4 Å². The molecule has 134 valence electrons. The molecule has 4 heteroatoms. The predicted octanol–water partition coefficient (Wildman–Crippen LogP) is 4.91. The fourth-order valence-electron chi connectivity index (χ4n) is 2.69. The zero-order valence-corrected chi connectivity index (χ0v) is 14.9. The van der Waals surface area contributed by atoms with Crippen molar-refractivity contribution in [3.05, 3.63) is 89.9 Å². The van der Waals surface area contributed by atoms with Crippen LogP contribution >= 0.6 is 0 Å². The van der Waals surface area contributed by atoms with Crippen LogP contribution < -0.4 is 4.74 Å². The first-order valence-electron chi connectivity index (χ1n) is 8.84. The van der Waals surface area contributed by atoms with E-state index < -0.39 is 0 Å². The molecular formula is C22H23NO3. The average molecular weight is 349 g/mol. The highest BCUT2D eigenvalue weighted by atomic mass is 16.5. The SMILES string of the molecule is CCCOc1ccc(C(=O)N(Cc2ccccc2)Cc2ccco2)cc1. The Kier molecular flexibility index (Phi) is 6.09. The number of carbonyl (C=O) groups excluding carboxylic acids is 1. The quantitative estimate of drug-likeness (QED) is 0.580. The van der Waals surface area contributed by atoms with Crippen LogP contribution in [0.2, 0.25) is 0 Å². The molecule has 3 rings (SSSR count). The largest absolute Gasteiger partial charge is 0.494 e. The van der Waals surface area contributed by atoms with Crippen LogP contribution in [0, 0.1) is 0 Å². The molecule has 1 amide bonds. The molecule has 0 aliphatic heterocycles. The van der Waals surface area contributed by atoms with Crippen LogP contribution in [-0.2, 0) is 13.1 Å². The van der Waals surface area contributed by atoms with Crippen molar-refractivity contribution in [3.63, 3.8) is 0 Å². The number of nitrogens with zero attached hydrogens (tertiary/aromatic N) is 1. The van der Waals surface area contributed by atoms with Gasteiger partial charge in [-0.15, -0.1) is 0 Å². The Hall–Kier alpha value is -3.01. The van der Waals surface area contributed by atoms with Crippen LogP contribution in [0.25, 0.3) is 0 Å². The molecule has 3 aromatic rings. The van der Waals surface area contributed by atoms with Crippen molar-refractivity contribution in [2.75, 3.05) is 6.61 Å². The molecule has 0 radical (unpaired) electrons. The number of furan rings is 1. The van der Waals surface area contributed by atoms with Crippen molar-refractivity contribution in [1.29, 1.82) is 0 Å². The van der Waals surface area contributed by atoms with Crippen LogP contribution in [0.4, 0.5) is 0 Å². The average Bonchev–Trinajstić information content (AvgIpc) is 3.20. The van der Waals surface area contributed by atoms with Crippen molar-refractivity contribution in [1.82, 2.24) is 4.90 Å². The summed E-state index contributed by atoms with van der Waals surface area (Å²) < 4.78 is 11.0. The van der Waals surface area contributed by atoms with Gasteiger partial charge in [0.1, 0.15) is 11.5 Å². The van der Waals surface area contributed by atoms with Crippen molar-refractivity contribution in [2.24, 2.45) is 0 Å². The van der Waals surface area contributed by atoms with Crippen molar-refractivity contribution in [2.45, 2.75) is 26.4 Å². The van der Waals surface area contributed by atoms with Crippen LogP contribution in [0.1, 0.15) is 35.0 Å². The van der Waals surface area contributed by atoms with E-state index in [4.69, 9.17) is 9.15 Å². The Balaban J connectivity index is 1.77. The first-order valence-corrected chi connectivity index (χ1v) is 8.84. The summed E-state index contributed by atoms with van der Waals surface area (Å²) in [4.78, 5) is 14.8. The first kappa shape index (κ1) is 17.8. The molecule has 2 aromatic carbocycles. The smallest absolute Gasteiger partial charge is 0.254 e. The third-order valence-electron chi connectivity index (χ3n) is 4.00. The monoisotopic (exact) mass is 349 g/mol. The lowest BCUT2D eigenvalue weighted by molar-refractivity contribution is 0.0717. The second-order valence-electron chi connectivity index (χ2n) is 6.10. The van der Waals surface area contributed by atoms with Gasteiger partial charge in [-0.3, -0.25) is 4.79 Å². The fourth-order valence-corrected chi connectivity index (χ4v) is 2.69. The minimum Gasteiger partial charge on any atom is -0.494 e. The highest BCUT2D eigenvalue weighted by Gasteiger charge is 2.18. The van der Waals surface area contributed by atoms with E-state index in [0.717, 1.165) is 23.5 Å². The van der Waals surface area contributed by atoms with E-state index in [0.29, 0.717) is 25.3 Å². The van der Waals surface area contributed by atoms with Gasteiger partial charge in [0, 0.05) is 12.1 Å². The van der Waals surface area contributed by atoms with Gasteiger partial charge in [-0.1, -0.05) is 37.3 Å². The third-order valence-corrected chi connectivity index (χ3v) is 4.00. The molecule has 26 heavy (non-hydrogen) atoms. The minimum atomic E-state index is -0.0349. The second-order valence-corrected chi connectivity index (χ2v) is 6.10. The van der Waals surface area contributed by atoms with Crippen LogP contribution in [0.3, 0.4) is 0 Å². The molecule has 0 fully saturated rings. The van der Waals surface area contributed by atoms with Gasteiger partial charge in [-0.05, 0) is 48.4 Å². The number of carbonyl (C=O) groups is 1. The summed E-state index contributed by atoms with van der Waals surface area (Å²) in [5.74, 6) is 1.51. The fraction of sp³-hybridized carbons (Fsp3) is 0.227. The van der Waals surface area contributed by atoms with Gasteiger partial charge in [-0.2, -0.15) is 0 Å². The Labute approximate surface area is 154 Å².